The zero-order chi connectivity index (χ0) is 22.6. The van der Waals surface area contributed by atoms with Crippen LogP contribution in [0, 0.1) is 0 Å². The van der Waals surface area contributed by atoms with Gasteiger partial charge in [-0.3, -0.25) is 4.72 Å². The van der Waals surface area contributed by atoms with E-state index >= 15 is 0 Å². The quantitative estimate of drug-likeness (QED) is 0.399. The number of sulfonamides is 1. The Bertz CT molecular complexity index is 1110. The molecule has 7 nitrogen and oxygen atoms in total. The summed E-state index contributed by atoms with van der Waals surface area (Å²) in [5.41, 5.74) is 2.30. The van der Waals surface area contributed by atoms with Crippen molar-refractivity contribution in [2.75, 3.05) is 29.3 Å². The number of nitrogens with one attached hydrogen (secondary N) is 2. The molecule has 170 valence electrons. The molecule has 1 aliphatic rings. The van der Waals surface area contributed by atoms with Crippen LogP contribution < -0.4 is 14.9 Å². The number of phenolic OH excluding ortho intramolecular Hbond substituents is 1. The molecule has 2 aromatic carbocycles. The van der Waals surface area contributed by atoms with E-state index in [2.05, 4.69) is 14.9 Å². The van der Waals surface area contributed by atoms with Crippen LogP contribution in [-0.4, -0.2) is 44.3 Å². The fourth-order valence-electron chi connectivity index (χ4n) is 3.83. The molecule has 0 saturated carbocycles. The van der Waals surface area contributed by atoms with Gasteiger partial charge in [-0.2, -0.15) is 0 Å². The summed E-state index contributed by atoms with van der Waals surface area (Å²) in [6, 6.07) is 17.8. The van der Waals surface area contributed by atoms with Gasteiger partial charge in [0.25, 0.3) is 10.0 Å². The van der Waals surface area contributed by atoms with Crippen molar-refractivity contribution in [1.29, 1.82) is 0 Å². The standard InChI is InChI=1S/C23H27N3O4S2/c27-21-4-1-3-17(15-21)22(28)16-24-18-10-12-26(13-11-18)20-8-6-19(7-9-20)25-32(29,30)23-5-2-14-31-23/h1-9,14-15,18,22,24-25,27-28H,10-13,16H2/t22-/m1/s1. The summed E-state index contributed by atoms with van der Waals surface area (Å²) in [4.78, 5) is 2.28. The van der Waals surface area contributed by atoms with Crippen LogP contribution in [0.15, 0.2) is 70.3 Å². The molecule has 9 heteroatoms. The first-order chi connectivity index (χ1) is 15.4. The van der Waals surface area contributed by atoms with E-state index in [0.29, 0.717) is 28.0 Å². The van der Waals surface area contributed by atoms with Crippen LogP contribution in [0.5, 0.6) is 5.75 Å². The number of hydrogen-bond donors (Lipinski definition) is 4. The second kappa shape index (κ2) is 9.91. The number of phenols is 1. The fourth-order valence-corrected chi connectivity index (χ4v) is 5.88. The number of aromatic hydroxyl groups is 1. The smallest absolute Gasteiger partial charge is 0.271 e. The minimum absolute atomic E-state index is 0.153. The Morgan fingerprint density at radius 1 is 1.06 bits per heavy atom. The van der Waals surface area contributed by atoms with Gasteiger partial charge < -0.3 is 20.4 Å². The summed E-state index contributed by atoms with van der Waals surface area (Å²) in [6.45, 7) is 2.19. The van der Waals surface area contributed by atoms with Crippen LogP contribution in [0.4, 0.5) is 11.4 Å². The SMILES string of the molecule is O=S(=O)(Nc1ccc(N2CCC(NC[C@@H](O)c3cccc(O)c3)CC2)cc1)c1cccs1. The van der Waals surface area contributed by atoms with Gasteiger partial charge in [0.05, 0.1) is 6.10 Å². The highest BCUT2D eigenvalue weighted by molar-refractivity contribution is 7.94. The number of piperidine rings is 1. The van der Waals surface area contributed by atoms with E-state index in [0.717, 1.165) is 31.6 Å². The van der Waals surface area contributed by atoms with Gasteiger partial charge in [-0.25, -0.2) is 8.42 Å². The van der Waals surface area contributed by atoms with Gasteiger partial charge in [-0.05, 0) is 66.2 Å². The normalized spacial score (nSPS) is 16.1. The largest absolute Gasteiger partial charge is 0.508 e. The summed E-state index contributed by atoms with van der Waals surface area (Å²) < 4.78 is 27.6. The first-order valence-electron chi connectivity index (χ1n) is 10.5. The molecular weight excluding hydrogens is 446 g/mol. The van der Waals surface area contributed by atoms with Crippen molar-refractivity contribution < 1.29 is 18.6 Å². The topological polar surface area (TPSA) is 102 Å². The number of anilines is 2. The van der Waals surface area contributed by atoms with Crippen LogP contribution >= 0.6 is 11.3 Å². The number of benzene rings is 2. The van der Waals surface area contributed by atoms with Gasteiger partial charge in [0.1, 0.15) is 9.96 Å². The predicted octanol–water partition coefficient (Wildman–Crippen LogP) is 3.55. The Morgan fingerprint density at radius 3 is 2.47 bits per heavy atom. The second-order valence-corrected chi connectivity index (χ2v) is 10.7. The lowest BCUT2D eigenvalue weighted by Gasteiger charge is -2.34. The van der Waals surface area contributed by atoms with Crippen LogP contribution in [-0.2, 0) is 10.0 Å². The Kier molecular flexibility index (Phi) is 7.00. The third-order valence-electron chi connectivity index (χ3n) is 5.59. The Labute approximate surface area is 192 Å². The van der Waals surface area contributed by atoms with Crippen molar-refractivity contribution in [2.24, 2.45) is 0 Å². The van der Waals surface area contributed by atoms with Gasteiger partial charge >= 0.3 is 0 Å². The van der Waals surface area contributed by atoms with Crippen LogP contribution in [0.3, 0.4) is 0 Å². The molecule has 1 saturated heterocycles. The maximum Gasteiger partial charge on any atom is 0.271 e. The van der Waals surface area contributed by atoms with Gasteiger partial charge in [-0.1, -0.05) is 18.2 Å². The molecule has 0 spiro atoms. The number of aliphatic hydroxyl groups excluding tert-OH is 1. The van der Waals surface area contributed by atoms with Crippen molar-refractivity contribution in [3.05, 3.63) is 71.6 Å². The summed E-state index contributed by atoms with van der Waals surface area (Å²) in [5, 5.41) is 25.1. The molecule has 1 fully saturated rings. The predicted molar refractivity (Wildman–Crippen MR) is 128 cm³/mol. The average molecular weight is 474 g/mol. The molecule has 0 radical (unpaired) electrons. The van der Waals surface area contributed by atoms with Crippen molar-refractivity contribution in [2.45, 2.75) is 29.2 Å². The zero-order valence-electron chi connectivity index (χ0n) is 17.5. The lowest BCUT2D eigenvalue weighted by molar-refractivity contribution is 0.167. The molecule has 4 rings (SSSR count). The van der Waals surface area contributed by atoms with Gasteiger partial charge in [-0.15, -0.1) is 11.3 Å². The average Bonchev–Trinajstić information content (AvgIpc) is 3.34. The van der Waals surface area contributed by atoms with E-state index in [-0.39, 0.29) is 5.75 Å². The van der Waals surface area contributed by atoms with Crippen molar-refractivity contribution in [3.63, 3.8) is 0 Å². The molecule has 0 bridgehead atoms. The molecule has 1 aromatic heterocycles. The maximum atomic E-state index is 12.4. The lowest BCUT2D eigenvalue weighted by atomic mass is 10.0. The van der Waals surface area contributed by atoms with E-state index in [9.17, 15) is 18.6 Å². The molecule has 1 aliphatic heterocycles. The van der Waals surface area contributed by atoms with Crippen molar-refractivity contribution in [3.8, 4) is 5.75 Å². The number of thiophene rings is 1. The van der Waals surface area contributed by atoms with E-state index in [1.54, 1.807) is 53.9 Å². The molecule has 0 aliphatic carbocycles. The van der Waals surface area contributed by atoms with Crippen LogP contribution in [0.1, 0.15) is 24.5 Å². The zero-order valence-corrected chi connectivity index (χ0v) is 19.1. The third-order valence-corrected chi connectivity index (χ3v) is 8.37. The maximum absolute atomic E-state index is 12.4. The van der Waals surface area contributed by atoms with Crippen molar-refractivity contribution >= 4 is 32.7 Å². The highest BCUT2D eigenvalue weighted by Gasteiger charge is 2.21. The van der Waals surface area contributed by atoms with Gasteiger partial charge in [0.15, 0.2) is 0 Å². The molecule has 4 N–H and O–H groups in total. The van der Waals surface area contributed by atoms with Gasteiger partial charge in [0.2, 0.25) is 0 Å². The lowest BCUT2D eigenvalue weighted by Crippen LogP contribution is -2.43. The highest BCUT2D eigenvalue weighted by atomic mass is 32.2. The first kappa shape index (κ1) is 22.6. The van der Waals surface area contributed by atoms with E-state index in [1.807, 2.05) is 12.1 Å². The minimum Gasteiger partial charge on any atom is -0.508 e. The molecule has 32 heavy (non-hydrogen) atoms. The molecule has 2 heterocycles. The number of hydrogen-bond acceptors (Lipinski definition) is 7. The first-order valence-corrected chi connectivity index (χ1v) is 12.9. The second-order valence-electron chi connectivity index (χ2n) is 7.86. The third kappa shape index (κ3) is 5.60. The van der Waals surface area contributed by atoms with Crippen LogP contribution in [0.2, 0.25) is 0 Å². The Morgan fingerprint density at radius 2 is 1.81 bits per heavy atom. The number of nitrogens with zero attached hydrogens (tertiary/aromatic N) is 1. The van der Waals surface area contributed by atoms with E-state index in [1.165, 1.54) is 11.3 Å². The molecule has 0 amide bonds. The molecule has 3 aromatic rings. The summed E-state index contributed by atoms with van der Waals surface area (Å²) in [6.07, 6.45) is 1.23. The molecule has 1 atom stereocenters. The van der Waals surface area contributed by atoms with Crippen molar-refractivity contribution in [1.82, 2.24) is 5.32 Å². The molecular formula is C23H27N3O4S2. The number of rotatable bonds is 8. The van der Waals surface area contributed by atoms with E-state index < -0.39 is 16.1 Å². The van der Waals surface area contributed by atoms with E-state index in [4.69, 9.17) is 0 Å². The Balaban J connectivity index is 1.26. The summed E-state index contributed by atoms with van der Waals surface area (Å²) in [5.74, 6) is 0.153. The summed E-state index contributed by atoms with van der Waals surface area (Å²) in [7, 11) is -3.54. The fraction of sp³-hybridized carbons (Fsp3) is 0.304. The highest BCUT2D eigenvalue weighted by Crippen LogP contribution is 2.25. The minimum atomic E-state index is -3.54. The van der Waals surface area contributed by atoms with Gasteiger partial charge in [0, 0.05) is 37.1 Å². The monoisotopic (exact) mass is 473 g/mol. The Hall–Kier alpha value is -2.59. The molecule has 0 unspecified atom stereocenters. The van der Waals surface area contributed by atoms with Crippen LogP contribution in [0.25, 0.3) is 0 Å². The summed E-state index contributed by atoms with van der Waals surface area (Å²) >= 11 is 1.19. The number of aliphatic hydroxyl groups is 1.